The van der Waals surface area contributed by atoms with Crippen LogP contribution >= 0.6 is 0 Å². The van der Waals surface area contributed by atoms with Crippen LogP contribution in [0.1, 0.15) is 30.7 Å². The average Bonchev–Trinajstić information content (AvgIpc) is 2.78. The second-order valence-corrected chi connectivity index (χ2v) is 5.14. The molecule has 1 unspecified atom stereocenters. The van der Waals surface area contributed by atoms with E-state index in [1.807, 2.05) is 6.26 Å². The average molecular weight is 252 g/mol. The van der Waals surface area contributed by atoms with E-state index in [0.29, 0.717) is 5.92 Å². The largest absolute Gasteiger partial charge is 0.465 e. The van der Waals surface area contributed by atoms with Crippen LogP contribution in [0.5, 0.6) is 0 Å². The van der Waals surface area contributed by atoms with Gasteiger partial charge in [-0.2, -0.15) is 0 Å². The van der Waals surface area contributed by atoms with Gasteiger partial charge >= 0.3 is 0 Å². The lowest BCUT2D eigenvalue weighted by molar-refractivity contribution is 0.554. The fourth-order valence-corrected chi connectivity index (χ4v) is 2.39. The molecular formula is C17H21BO. The van der Waals surface area contributed by atoms with Gasteiger partial charge in [-0.3, -0.25) is 0 Å². The molecule has 0 aliphatic heterocycles. The van der Waals surface area contributed by atoms with Crippen molar-refractivity contribution in [3.05, 3.63) is 59.6 Å². The lowest BCUT2D eigenvalue weighted by atomic mass is 9.92. The van der Waals surface area contributed by atoms with Gasteiger partial charge in [0.25, 0.3) is 0 Å². The van der Waals surface area contributed by atoms with Crippen LogP contribution in [0.4, 0.5) is 0 Å². The van der Waals surface area contributed by atoms with Gasteiger partial charge in [0.05, 0.1) is 6.26 Å². The number of furan rings is 1. The molecule has 1 atom stereocenters. The quantitative estimate of drug-likeness (QED) is 0.745. The first-order valence-corrected chi connectivity index (χ1v) is 6.99. The summed E-state index contributed by atoms with van der Waals surface area (Å²) in [5.74, 6) is 1.53. The zero-order chi connectivity index (χ0) is 13.7. The van der Waals surface area contributed by atoms with Crippen LogP contribution in [-0.4, -0.2) is 7.85 Å². The molecule has 1 aromatic carbocycles. The topological polar surface area (TPSA) is 13.1 Å². The highest BCUT2D eigenvalue weighted by Crippen LogP contribution is 2.14. The third kappa shape index (κ3) is 3.63. The summed E-state index contributed by atoms with van der Waals surface area (Å²) < 4.78 is 5.60. The first-order chi connectivity index (χ1) is 9.20. The third-order valence-corrected chi connectivity index (χ3v) is 3.47. The normalized spacial score (nSPS) is 12.9. The lowest BCUT2D eigenvalue weighted by Gasteiger charge is -2.06. The summed E-state index contributed by atoms with van der Waals surface area (Å²) in [5, 5.41) is 0. The van der Waals surface area contributed by atoms with E-state index in [0.717, 1.165) is 18.6 Å². The van der Waals surface area contributed by atoms with Crippen LogP contribution in [0.2, 0.25) is 0 Å². The summed E-state index contributed by atoms with van der Waals surface area (Å²) in [5.41, 5.74) is 3.95. The molecule has 0 N–H and O–H groups in total. The molecule has 19 heavy (non-hydrogen) atoms. The molecule has 0 aliphatic carbocycles. The molecule has 0 saturated heterocycles. The van der Waals surface area contributed by atoms with Gasteiger partial charge in [0.1, 0.15) is 13.6 Å². The Labute approximate surface area is 116 Å². The predicted molar refractivity (Wildman–Crippen MR) is 84.6 cm³/mol. The number of benzene rings is 1. The Bertz CT molecular complexity index is 540. The number of allylic oxidation sites excluding steroid dienone is 1. The monoisotopic (exact) mass is 252 g/mol. The Kier molecular flexibility index (Phi) is 4.67. The highest BCUT2D eigenvalue weighted by molar-refractivity contribution is 6.33. The maximum absolute atomic E-state index is 5.60. The number of rotatable bonds is 5. The summed E-state index contributed by atoms with van der Waals surface area (Å²) >= 11 is 0. The van der Waals surface area contributed by atoms with Crippen LogP contribution in [0.25, 0.3) is 6.08 Å². The van der Waals surface area contributed by atoms with Crippen molar-refractivity contribution in [3.63, 3.8) is 0 Å². The van der Waals surface area contributed by atoms with E-state index in [2.05, 4.69) is 64.2 Å². The van der Waals surface area contributed by atoms with Gasteiger partial charge in [-0.05, 0) is 41.4 Å². The molecule has 0 fully saturated rings. The second kappa shape index (κ2) is 6.47. The molecule has 1 aromatic heterocycles. The molecule has 0 radical (unpaired) electrons. The van der Waals surface area contributed by atoms with E-state index < -0.39 is 0 Å². The highest BCUT2D eigenvalue weighted by Gasteiger charge is 2.06. The summed E-state index contributed by atoms with van der Waals surface area (Å²) in [6.07, 6.45) is 8.30. The summed E-state index contributed by atoms with van der Waals surface area (Å²) in [6, 6.07) is 10.6. The molecule has 2 rings (SSSR count). The molecule has 0 saturated carbocycles. The van der Waals surface area contributed by atoms with Gasteiger partial charge in [-0.15, -0.1) is 0 Å². The van der Waals surface area contributed by atoms with Crippen molar-refractivity contribution in [2.45, 2.75) is 26.7 Å². The van der Waals surface area contributed by atoms with E-state index in [9.17, 15) is 0 Å². The van der Waals surface area contributed by atoms with Gasteiger partial charge in [0.15, 0.2) is 0 Å². The lowest BCUT2D eigenvalue weighted by Crippen LogP contribution is -2.04. The maximum Gasteiger partial charge on any atom is 0.143 e. The van der Waals surface area contributed by atoms with Gasteiger partial charge < -0.3 is 4.42 Å². The van der Waals surface area contributed by atoms with Gasteiger partial charge in [0, 0.05) is 0 Å². The Morgan fingerprint density at radius 3 is 2.68 bits per heavy atom. The summed E-state index contributed by atoms with van der Waals surface area (Å²) in [4.78, 5) is 0. The van der Waals surface area contributed by atoms with Crippen molar-refractivity contribution >= 4 is 19.4 Å². The maximum atomic E-state index is 5.60. The number of hydrogen-bond acceptors (Lipinski definition) is 1. The minimum absolute atomic E-state index is 0.512. The Morgan fingerprint density at radius 1 is 1.26 bits per heavy atom. The Morgan fingerprint density at radius 2 is 2.00 bits per heavy atom. The van der Waals surface area contributed by atoms with Crippen molar-refractivity contribution in [1.29, 1.82) is 0 Å². The molecular weight excluding hydrogens is 231 g/mol. The molecule has 1 heterocycles. The fraction of sp³-hybridized carbons (Fsp3) is 0.294. The van der Waals surface area contributed by atoms with Gasteiger partial charge in [-0.1, -0.05) is 50.3 Å². The van der Waals surface area contributed by atoms with E-state index in [4.69, 9.17) is 4.42 Å². The van der Waals surface area contributed by atoms with Crippen molar-refractivity contribution in [3.8, 4) is 0 Å². The van der Waals surface area contributed by atoms with Gasteiger partial charge in [-0.25, -0.2) is 0 Å². The summed E-state index contributed by atoms with van der Waals surface area (Å²) in [7, 11) is 2.10. The van der Waals surface area contributed by atoms with E-state index in [-0.39, 0.29) is 0 Å². The molecule has 0 aliphatic rings. The molecule has 0 amide bonds. The van der Waals surface area contributed by atoms with Gasteiger partial charge in [0.2, 0.25) is 0 Å². The fourth-order valence-electron chi connectivity index (χ4n) is 2.39. The zero-order valence-corrected chi connectivity index (χ0v) is 12.0. The first kappa shape index (κ1) is 13.7. The first-order valence-electron chi connectivity index (χ1n) is 6.99. The minimum Gasteiger partial charge on any atom is -0.465 e. The van der Waals surface area contributed by atoms with E-state index in [1.54, 1.807) is 0 Å². The standard InChI is InChI=1S/C17H21BO/c1-3-15-16(18)12-19-17(15)10-9-13(2)11-14-7-5-4-6-8-14/h4-10,12-13H,3,11,18H2,1-2H3/b10-9-. The van der Waals surface area contributed by atoms with Crippen LogP contribution in [0.3, 0.4) is 0 Å². The summed E-state index contributed by atoms with van der Waals surface area (Å²) in [6.45, 7) is 4.41. The van der Waals surface area contributed by atoms with Crippen LogP contribution in [0, 0.1) is 5.92 Å². The molecule has 2 aromatic rings. The van der Waals surface area contributed by atoms with Crippen molar-refractivity contribution < 1.29 is 4.42 Å². The van der Waals surface area contributed by atoms with E-state index >= 15 is 0 Å². The number of hydrogen-bond donors (Lipinski definition) is 0. The Hall–Kier alpha value is -1.70. The zero-order valence-electron chi connectivity index (χ0n) is 12.0. The molecule has 2 heteroatoms. The molecule has 0 bridgehead atoms. The van der Waals surface area contributed by atoms with Crippen molar-refractivity contribution in [2.24, 2.45) is 5.92 Å². The SMILES string of the molecule is Bc1coc(/C=C\C(C)Cc2ccccc2)c1CC. The predicted octanol–water partition coefficient (Wildman–Crippen LogP) is 2.99. The highest BCUT2D eigenvalue weighted by atomic mass is 16.3. The van der Waals surface area contributed by atoms with Crippen LogP contribution in [0.15, 0.2) is 47.1 Å². The molecule has 1 nitrogen and oxygen atoms in total. The smallest absolute Gasteiger partial charge is 0.143 e. The second-order valence-electron chi connectivity index (χ2n) is 5.14. The Balaban J connectivity index is 2.02. The molecule has 0 spiro atoms. The van der Waals surface area contributed by atoms with E-state index in [1.165, 1.54) is 16.6 Å². The van der Waals surface area contributed by atoms with Crippen molar-refractivity contribution in [1.82, 2.24) is 0 Å². The van der Waals surface area contributed by atoms with Crippen LogP contribution in [-0.2, 0) is 12.8 Å². The third-order valence-electron chi connectivity index (χ3n) is 3.47. The molecule has 98 valence electrons. The van der Waals surface area contributed by atoms with Crippen LogP contribution < -0.4 is 5.46 Å². The van der Waals surface area contributed by atoms with Crippen molar-refractivity contribution in [2.75, 3.05) is 0 Å². The minimum atomic E-state index is 0.512.